The minimum atomic E-state index is -0.225. The van der Waals surface area contributed by atoms with Crippen LogP contribution >= 0.6 is 0 Å². The predicted molar refractivity (Wildman–Crippen MR) is 140 cm³/mol. The molecule has 2 heterocycles. The summed E-state index contributed by atoms with van der Waals surface area (Å²) in [6.07, 6.45) is 4.82. The van der Waals surface area contributed by atoms with Crippen molar-refractivity contribution >= 4 is 16.8 Å². The Labute approximate surface area is 207 Å². The topological polar surface area (TPSA) is 25.2 Å². The summed E-state index contributed by atoms with van der Waals surface area (Å²) in [5.41, 5.74) is 5.72. The smallest absolute Gasteiger partial charge is 0.223 e. The lowest BCUT2D eigenvalue weighted by molar-refractivity contribution is -0.132. The summed E-state index contributed by atoms with van der Waals surface area (Å²) in [7, 11) is 0. The number of carbonyl (C=O) groups is 1. The maximum Gasteiger partial charge on any atom is 0.223 e. The van der Waals surface area contributed by atoms with Gasteiger partial charge in [-0.05, 0) is 60.6 Å². The Bertz CT molecular complexity index is 1320. The molecule has 1 aromatic heterocycles. The van der Waals surface area contributed by atoms with E-state index in [1.54, 1.807) is 0 Å². The number of nitrogens with zero attached hydrogens (tertiary/aromatic N) is 2. The van der Waals surface area contributed by atoms with Gasteiger partial charge in [-0.2, -0.15) is 0 Å². The number of para-hydroxylation sites is 1. The minimum absolute atomic E-state index is 0.0267. The molecule has 1 saturated heterocycles. The van der Waals surface area contributed by atoms with Crippen molar-refractivity contribution in [3.63, 3.8) is 0 Å². The molecule has 0 bridgehead atoms. The van der Waals surface area contributed by atoms with Crippen molar-refractivity contribution in [1.82, 2.24) is 9.47 Å². The maximum absolute atomic E-state index is 13.5. The number of hydrogen-bond acceptors (Lipinski definition) is 1. The van der Waals surface area contributed by atoms with Crippen molar-refractivity contribution in [2.24, 2.45) is 5.92 Å². The third-order valence-electron chi connectivity index (χ3n) is 7.42. The van der Waals surface area contributed by atoms with Crippen LogP contribution in [0.3, 0.4) is 0 Å². The third-order valence-corrected chi connectivity index (χ3v) is 7.42. The molecule has 0 aliphatic carbocycles. The van der Waals surface area contributed by atoms with Crippen LogP contribution < -0.4 is 0 Å². The summed E-state index contributed by atoms with van der Waals surface area (Å²) in [5.74, 6) is 0.674. The zero-order chi connectivity index (χ0) is 24.4. The molecule has 1 amide bonds. The van der Waals surface area contributed by atoms with Gasteiger partial charge in [0.1, 0.15) is 5.82 Å². The Morgan fingerprint density at radius 2 is 1.74 bits per heavy atom. The van der Waals surface area contributed by atoms with Crippen molar-refractivity contribution in [3.8, 4) is 0 Å². The third kappa shape index (κ3) is 5.17. The molecule has 5 rings (SSSR count). The van der Waals surface area contributed by atoms with Gasteiger partial charge in [0.25, 0.3) is 0 Å². The van der Waals surface area contributed by atoms with Crippen LogP contribution in [0.15, 0.2) is 79.0 Å². The number of carbonyl (C=O) groups excluding carboxylic acids is 1. The monoisotopic (exact) mass is 468 g/mol. The summed E-state index contributed by atoms with van der Waals surface area (Å²) in [6.45, 7) is 6.73. The number of benzene rings is 3. The lowest BCUT2D eigenvalue weighted by Gasteiger charge is -2.31. The van der Waals surface area contributed by atoms with E-state index >= 15 is 0 Å². The van der Waals surface area contributed by atoms with Gasteiger partial charge in [0, 0.05) is 49.1 Å². The highest BCUT2D eigenvalue weighted by molar-refractivity contribution is 5.87. The van der Waals surface area contributed by atoms with E-state index in [1.807, 2.05) is 12.1 Å². The van der Waals surface area contributed by atoms with Crippen molar-refractivity contribution in [1.29, 1.82) is 0 Å². The standard InChI is InChI=1S/C31H33FN2O/c1-22-14-16-33(17-15-22)31(35)19-28(25-7-5-6-23(2)18-25)29-21-34(30-9-4-3-8-27(29)30)20-24-10-12-26(32)13-11-24/h3-13,18,21-22,28H,14-17,19-20H2,1-2H3/t28-/m0/s1. The van der Waals surface area contributed by atoms with Crippen LogP contribution in [-0.2, 0) is 11.3 Å². The van der Waals surface area contributed by atoms with Crippen molar-refractivity contribution < 1.29 is 9.18 Å². The van der Waals surface area contributed by atoms with Crippen LogP contribution in [-0.4, -0.2) is 28.5 Å². The van der Waals surface area contributed by atoms with Crippen molar-refractivity contribution in [3.05, 3.63) is 107 Å². The molecule has 180 valence electrons. The second-order valence-corrected chi connectivity index (χ2v) is 10.1. The van der Waals surface area contributed by atoms with Crippen LogP contribution in [0.5, 0.6) is 0 Å². The number of likely N-dealkylation sites (tertiary alicyclic amines) is 1. The van der Waals surface area contributed by atoms with Gasteiger partial charge in [-0.15, -0.1) is 0 Å². The van der Waals surface area contributed by atoms with Crippen LogP contribution in [0.2, 0.25) is 0 Å². The summed E-state index contributed by atoms with van der Waals surface area (Å²) in [5, 5.41) is 1.17. The zero-order valence-corrected chi connectivity index (χ0v) is 20.6. The number of aromatic nitrogens is 1. The predicted octanol–water partition coefficient (Wildman–Crippen LogP) is 6.92. The van der Waals surface area contributed by atoms with E-state index in [4.69, 9.17) is 0 Å². The lowest BCUT2D eigenvalue weighted by atomic mass is 9.86. The highest BCUT2D eigenvalue weighted by atomic mass is 19.1. The molecular weight excluding hydrogens is 435 g/mol. The molecule has 0 N–H and O–H groups in total. The number of hydrogen-bond donors (Lipinski definition) is 0. The fraction of sp³-hybridized carbons (Fsp3) is 0.323. The minimum Gasteiger partial charge on any atom is -0.343 e. The zero-order valence-electron chi connectivity index (χ0n) is 20.6. The fourth-order valence-electron chi connectivity index (χ4n) is 5.33. The van der Waals surface area contributed by atoms with Gasteiger partial charge < -0.3 is 9.47 Å². The maximum atomic E-state index is 13.5. The van der Waals surface area contributed by atoms with E-state index in [1.165, 1.54) is 34.2 Å². The molecule has 4 aromatic rings. The first kappa shape index (κ1) is 23.3. The fourth-order valence-corrected chi connectivity index (χ4v) is 5.33. The van der Waals surface area contributed by atoms with Crippen LogP contribution in [0.25, 0.3) is 10.9 Å². The van der Waals surface area contributed by atoms with Crippen LogP contribution in [0, 0.1) is 18.7 Å². The quantitative estimate of drug-likeness (QED) is 0.302. The van der Waals surface area contributed by atoms with Gasteiger partial charge in [0.05, 0.1) is 0 Å². The van der Waals surface area contributed by atoms with E-state index in [0.717, 1.165) is 37.0 Å². The Hall–Kier alpha value is -3.40. The summed E-state index contributed by atoms with van der Waals surface area (Å²) < 4.78 is 15.7. The van der Waals surface area contributed by atoms with Gasteiger partial charge in [-0.25, -0.2) is 4.39 Å². The average molecular weight is 469 g/mol. The molecule has 0 spiro atoms. The molecule has 0 unspecified atom stereocenters. The molecular formula is C31H33FN2O. The summed E-state index contributed by atoms with van der Waals surface area (Å²) >= 11 is 0. The molecule has 4 heteroatoms. The SMILES string of the molecule is Cc1cccc([C@H](CC(=O)N2CCC(C)CC2)c2cn(Cc3ccc(F)cc3)c3ccccc23)c1. The normalized spacial score (nSPS) is 15.5. The average Bonchev–Trinajstić information content (AvgIpc) is 3.22. The number of fused-ring (bicyclic) bond motifs is 1. The molecule has 1 aliphatic heterocycles. The summed E-state index contributed by atoms with van der Waals surface area (Å²) in [6, 6.07) is 23.6. The molecule has 3 nitrogen and oxygen atoms in total. The second-order valence-electron chi connectivity index (χ2n) is 10.1. The number of piperidine rings is 1. The number of rotatable bonds is 6. The Morgan fingerprint density at radius 1 is 1.00 bits per heavy atom. The Balaban J connectivity index is 1.54. The largest absolute Gasteiger partial charge is 0.343 e. The first-order chi connectivity index (χ1) is 17.0. The first-order valence-corrected chi connectivity index (χ1v) is 12.6. The number of amides is 1. The molecule has 1 fully saturated rings. The van der Waals surface area contributed by atoms with Crippen LogP contribution in [0.1, 0.15) is 54.4 Å². The molecule has 35 heavy (non-hydrogen) atoms. The molecule has 0 radical (unpaired) electrons. The van der Waals surface area contributed by atoms with Crippen molar-refractivity contribution in [2.45, 2.75) is 45.6 Å². The second kappa shape index (κ2) is 10.1. The molecule has 1 aliphatic rings. The van der Waals surface area contributed by atoms with E-state index in [-0.39, 0.29) is 17.6 Å². The molecule has 3 aromatic carbocycles. The lowest BCUT2D eigenvalue weighted by Crippen LogP contribution is -2.38. The summed E-state index contributed by atoms with van der Waals surface area (Å²) in [4.78, 5) is 15.6. The van der Waals surface area contributed by atoms with E-state index in [2.05, 4.69) is 78.0 Å². The van der Waals surface area contributed by atoms with Gasteiger partial charge in [-0.3, -0.25) is 4.79 Å². The van der Waals surface area contributed by atoms with Crippen LogP contribution in [0.4, 0.5) is 4.39 Å². The molecule has 1 atom stereocenters. The van der Waals surface area contributed by atoms with Gasteiger partial charge in [0.2, 0.25) is 5.91 Å². The highest BCUT2D eigenvalue weighted by Gasteiger charge is 2.27. The number of aryl methyl sites for hydroxylation is 1. The number of halogens is 1. The van der Waals surface area contributed by atoms with Crippen molar-refractivity contribution in [2.75, 3.05) is 13.1 Å². The first-order valence-electron chi connectivity index (χ1n) is 12.6. The van der Waals surface area contributed by atoms with E-state index in [9.17, 15) is 9.18 Å². The highest BCUT2D eigenvalue weighted by Crippen LogP contribution is 2.36. The van der Waals surface area contributed by atoms with Gasteiger partial charge in [-0.1, -0.05) is 67.1 Å². The Morgan fingerprint density at radius 3 is 2.49 bits per heavy atom. The van der Waals surface area contributed by atoms with Gasteiger partial charge in [0.15, 0.2) is 0 Å². The van der Waals surface area contributed by atoms with E-state index < -0.39 is 0 Å². The molecule has 0 saturated carbocycles. The van der Waals surface area contributed by atoms with Gasteiger partial charge >= 0.3 is 0 Å². The Kier molecular flexibility index (Phi) is 6.72. The van der Waals surface area contributed by atoms with E-state index in [0.29, 0.717) is 18.9 Å².